The Kier molecular flexibility index (Phi) is 10.8. The molecule has 1 N–H and O–H groups in total. The van der Waals surface area contributed by atoms with Gasteiger partial charge in [-0.15, -0.1) is 0 Å². The Bertz CT molecular complexity index is 1260. The van der Waals surface area contributed by atoms with Crippen LogP contribution >= 0.6 is 58.0 Å². The number of carbonyl (C=O) groups excluding carboxylic acids is 2. The van der Waals surface area contributed by atoms with Crippen LogP contribution in [0.3, 0.4) is 0 Å². The molecule has 204 valence electrons. The smallest absolute Gasteiger partial charge is 0.244 e. The van der Waals surface area contributed by atoms with Gasteiger partial charge in [-0.3, -0.25) is 13.9 Å². The summed E-state index contributed by atoms with van der Waals surface area (Å²) in [7, 11) is -4.02. The number of nitrogens with zero attached hydrogens (tertiary/aromatic N) is 2. The number of rotatable bonds is 9. The normalized spacial score (nSPS) is 12.7. The number of hydrogen-bond donors (Lipinski definition) is 1. The predicted octanol–water partition coefficient (Wildman–Crippen LogP) is 6.44. The number of hydrogen-bond acceptors (Lipinski definition) is 4. The summed E-state index contributed by atoms with van der Waals surface area (Å²) in [4.78, 5) is 28.3. The van der Waals surface area contributed by atoms with Gasteiger partial charge in [-0.25, -0.2) is 8.42 Å². The molecule has 7 nitrogen and oxygen atoms in total. The van der Waals surface area contributed by atoms with Gasteiger partial charge in [-0.05, 0) is 51.5 Å². The van der Waals surface area contributed by atoms with Gasteiger partial charge in [0.1, 0.15) is 12.6 Å². The number of nitrogens with one attached hydrogen (secondary N) is 1. The molecule has 0 saturated carbocycles. The van der Waals surface area contributed by atoms with Gasteiger partial charge in [0.15, 0.2) is 0 Å². The maximum Gasteiger partial charge on any atom is 0.244 e. The summed E-state index contributed by atoms with van der Waals surface area (Å²) in [5.74, 6) is -1.09. The predicted molar refractivity (Wildman–Crippen MR) is 153 cm³/mol. The molecule has 0 aliphatic carbocycles. The first-order valence-electron chi connectivity index (χ1n) is 11.1. The summed E-state index contributed by atoms with van der Waals surface area (Å²) in [6.45, 7) is 6.37. The Labute approximate surface area is 243 Å². The van der Waals surface area contributed by atoms with Crippen molar-refractivity contribution in [3.05, 3.63) is 61.0 Å². The fourth-order valence-corrected chi connectivity index (χ4v) is 5.59. The Morgan fingerprint density at radius 2 is 1.49 bits per heavy atom. The van der Waals surface area contributed by atoms with E-state index in [4.69, 9.17) is 58.0 Å². The average molecular weight is 632 g/mol. The first-order chi connectivity index (χ1) is 17.0. The molecule has 0 saturated heterocycles. The molecule has 0 heterocycles. The van der Waals surface area contributed by atoms with Crippen molar-refractivity contribution >= 4 is 85.5 Å². The molecule has 37 heavy (non-hydrogen) atoms. The number of amides is 2. The molecule has 2 amide bonds. The van der Waals surface area contributed by atoms with Crippen molar-refractivity contribution in [2.75, 3.05) is 17.1 Å². The largest absolute Gasteiger partial charge is 0.350 e. The van der Waals surface area contributed by atoms with Gasteiger partial charge in [-0.2, -0.15) is 0 Å². The molecule has 2 aromatic carbocycles. The van der Waals surface area contributed by atoms with Crippen LogP contribution in [0.25, 0.3) is 0 Å². The highest BCUT2D eigenvalue weighted by molar-refractivity contribution is 7.92. The second kappa shape index (κ2) is 12.6. The number of anilines is 1. The van der Waals surface area contributed by atoms with E-state index in [1.807, 2.05) is 20.8 Å². The van der Waals surface area contributed by atoms with E-state index in [0.717, 1.165) is 10.6 Å². The monoisotopic (exact) mass is 629 g/mol. The molecule has 0 bridgehead atoms. The van der Waals surface area contributed by atoms with Gasteiger partial charge in [0.2, 0.25) is 21.8 Å². The minimum Gasteiger partial charge on any atom is -0.350 e. The summed E-state index contributed by atoms with van der Waals surface area (Å²) < 4.78 is 26.3. The SMILES string of the molecule is CC[C@H](C(=O)NC(C)(C)C)N(Cc1c(Cl)cccc1Cl)C(=O)CN(c1cc(Cl)c(Cl)cc1Cl)S(C)(=O)=O. The highest BCUT2D eigenvalue weighted by Crippen LogP contribution is 2.36. The molecule has 2 aromatic rings. The van der Waals surface area contributed by atoms with Crippen LogP contribution in [0.1, 0.15) is 39.7 Å². The van der Waals surface area contributed by atoms with E-state index in [1.165, 1.54) is 17.0 Å². The van der Waals surface area contributed by atoms with Crippen LogP contribution in [0.2, 0.25) is 25.1 Å². The van der Waals surface area contributed by atoms with E-state index in [1.54, 1.807) is 25.1 Å². The number of benzene rings is 2. The fraction of sp³-hybridized carbons (Fsp3) is 0.417. The first-order valence-corrected chi connectivity index (χ1v) is 14.9. The maximum atomic E-state index is 13.8. The lowest BCUT2D eigenvalue weighted by Gasteiger charge is -2.35. The summed E-state index contributed by atoms with van der Waals surface area (Å²) in [5, 5.41) is 3.62. The van der Waals surface area contributed by atoms with E-state index in [-0.39, 0.29) is 33.7 Å². The third-order valence-electron chi connectivity index (χ3n) is 5.21. The molecule has 0 radical (unpaired) electrons. The Morgan fingerprint density at radius 3 is 1.97 bits per heavy atom. The quantitative estimate of drug-likeness (QED) is 0.323. The van der Waals surface area contributed by atoms with Crippen molar-refractivity contribution in [1.82, 2.24) is 10.2 Å². The zero-order chi connectivity index (χ0) is 28.3. The van der Waals surface area contributed by atoms with E-state index >= 15 is 0 Å². The lowest BCUT2D eigenvalue weighted by atomic mass is 10.1. The van der Waals surface area contributed by atoms with E-state index < -0.39 is 40.0 Å². The third kappa shape index (κ3) is 8.53. The molecule has 0 aliphatic heterocycles. The molecule has 0 aliphatic rings. The van der Waals surface area contributed by atoms with Gasteiger partial charge >= 0.3 is 0 Å². The Balaban J connectivity index is 2.59. The van der Waals surface area contributed by atoms with Gasteiger partial charge in [0.05, 0.1) is 27.0 Å². The van der Waals surface area contributed by atoms with E-state index in [9.17, 15) is 18.0 Å². The summed E-state index contributed by atoms with van der Waals surface area (Å²) >= 11 is 31.1. The highest BCUT2D eigenvalue weighted by Gasteiger charge is 2.34. The lowest BCUT2D eigenvalue weighted by molar-refractivity contribution is -0.141. The van der Waals surface area contributed by atoms with Crippen LogP contribution < -0.4 is 9.62 Å². The number of halogens is 5. The minimum atomic E-state index is -4.02. The van der Waals surface area contributed by atoms with E-state index in [2.05, 4.69) is 5.32 Å². The molecule has 0 unspecified atom stereocenters. The molecule has 0 spiro atoms. The second-order valence-corrected chi connectivity index (χ2v) is 13.3. The summed E-state index contributed by atoms with van der Waals surface area (Å²) in [5.41, 5.74) is -0.192. The zero-order valence-corrected chi connectivity index (χ0v) is 25.5. The minimum absolute atomic E-state index is 0.0224. The van der Waals surface area contributed by atoms with Crippen molar-refractivity contribution in [3.8, 4) is 0 Å². The van der Waals surface area contributed by atoms with Crippen LogP contribution in [-0.2, 0) is 26.2 Å². The molecule has 0 aromatic heterocycles. The van der Waals surface area contributed by atoms with Crippen molar-refractivity contribution in [3.63, 3.8) is 0 Å². The Morgan fingerprint density at radius 1 is 0.946 bits per heavy atom. The zero-order valence-electron chi connectivity index (χ0n) is 20.9. The van der Waals surface area contributed by atoms with E-state index in [0.29, 0.717) is 15.6 Å². The summed E-state index contributed by atoms with van der Waals surface area (Å²) in [6, 6.07) is 6.47. The maximum absolute atomic E-state index is 13.8. The van der Waals surface area contributed by atoms with Gasteiger partial charge in [0, 0.05) is 27.7 Å². The Hall–Kier alpha value is -1.42. The standard InChI is InChI=1S/C24H28Cl5N3O4S/c1-6-20(23(34)30-24(2,3)4)31(12-14-15(25)8-7-9-16(14)26)22(33)13-32(37(5,35)36)21-11-18(28)17(27)10-19(21)29/h7-11,20H,6,12-13H2,1-5H3,(H,30,34)/t20-/m1/s1. The summed E-state index contributed by atoms with van der Waals surface area (Å²) in [6.07, 6.45) is 1.17. The topological polar surface area (TPSA) is 86.8 Å². The average Bonchev–Trinajstić information content (AvgIpc) is 2.74. The molecule has 0 fully saturated rings. The first kappa shape index (κ1) is 31.8. The van der Waals surface area contributed by atoms with Crippen LogP contribution in [0.4, 0.5) is 5.69 Å². The van der Waals surface area contributed by atoms with Crippen LogP contribution in [0.5, 0.6) is 0 Å². The van der Waals surface area contributed by atoms with Gasteiger partial charge < -0.3 is 10.2 Å². The van der Waals surface area contributed by atoms with Crippen molar-refractivity contribution < 1.29 is 18.0 Å². The molecule has 1 atom stereocenters. The lowest BCUT2D eigenvalue weighted by Crippen LogP contribution is -2.55. The van der Waals surface area contributed by atoms with Crippen molar-refractivity contribution in [1.29, 1.82) is 0 Å². The second-order valence-electron chi connectivity index (χ2n) is 9.37. The third-order valence-corrected chi connectivity index (χ3v) is 8.07. The molecule has 2 rings (SSSR count). The van der Waals surface area contributed by atoms with Gasteiger partial charge in [0.25, 0.3) is 0 Å². The van der Waals surface area contributed by atoms with Crippen LogP contribution in [-0.4, -0.2) is 49.5 Å². The molecule has 13 heteroatoms. The van der Waals surface area contributed by atoms with Crippen LogP contribution in [0.15, 0.2) is 30.3 Å². The van der Waals surface area contributed by atoms with Crippen molar-refractivity contribution in [2.45, 2.75) is 52.2 Å². The van der Waals surface area contributed by atoms with Crippen LogP contribution in [0, 0.1) is 0 Å². The fourth-order valence-electron chi connectivity index (χ4n) is 3.52. The molecular weight excluding hydrogens is 604 g/mol. The highest BCUT2D eigenvalue weighted by atomic mass is 35.5. The number of carbonyl (C=O) groups is 2. The number of sulfonamides is 1. The van der Waals surface area contributed by atoms with Crippen molar-refractivity contribution in [2.24, 2.45) is 0 Å². The van der Waals surface area contributed by atoms with Gasteiger partial charge in [-0.1, -0.05) is 71.0 Å². The molecular formula is C24H28Cl5N3O4S.